The van der Waals surface area contributed by atoms with E-state index in [0.29, 0.717) is 10.6 Å². The zero-order chi connectivity index (χ0) is 18.9. The summed E-state index contributed by atoms with van der Waals surface area (Å²) >= 11 is 1.53. The predicted octanol–water partition coefficient (Wildman–Crippen LogP) is 5.68. The average Bonchev–Trinajstić information content (AvgIpc) is 3.34. The lowest BCUT2D eigenvalue weighted by Crippen LogP contribution is -1.89. The second kappa shape index (κ2) is 6.76. The van der Waals surface area contributed by atoms with Crippen LogP contribution >= 0.6 is 11.3 Å². The van der Waals surface area contributed by atoms with Crippen molar-refractivity contribution >= 4 is 38.8 Å². The molecule has 132 valence electrons. The van der Waals surface area contributed by atoms with E-state index >= 15 is 0 Å². The number of para-hydroxylation sites is 1. The van der Waals surface area contributed by atoms with Crippen molar-refractivity contribution in [1.29, 1.82) is 5.26 Å². The van der Waals surface area contributed by atoms with Gasteiger partial charge in [0.25, 0.3) is 0 Å². The van der Waals surface area contributed by atoms with Gasteiger partial charge in [0.2, 0.25) is 0 Å². The number of imidazole rings is 1. The van der Waals surface area contributed by atoms with Crippen LogP contribution < -0.4 is 0 Å². The first-order valence-corrected chi connectivity index (χ1v) is 9.65. The summed E-state index contributed by atoms with van der Waals surface area (Å²) in [5.74, 6) is 0. The Morgan fingerprint density at radius 3 is 2.54 bits per heavy atom. The third-order valence-electron chi connectivity index (χ3n) is 4.54. The van der Waals surface area contributed by atoms with Crippen LogP contribution in [0.5, 0.6) is 0 Å². The number of nitrogens with zero attached hydrogens (tertiary/aromatic N) is 4. The van der Waals surface area contributed by atoms with Gasteiger partial charge in [-0.25, -0.2) is 9.97 Å². The van der Waals surface area contributed by atoms with Crippen molar-refractivity contribution in [2.24, 2.45) is 0 Å². The molecule has 3 heterocycles. The van der Waals surface area contributed by atoms with Crippen LogP contribution in [0.4, 0.5) is 0 Å². The number of pyridine rings is 1. The van der Waals surface area contributed by atoms with E-state index in [-0.39, 0.29) is 0 Å². The van der Waals surface area contributed by atoms with Gasteiger partial charge >= 0.3 is 0 Å². The van der Waals surface area contributed by atoms with Gasteiger partial charge in [0.15, 0.2) is 0 Å². The van der Waals surface area contributed by atoms with Crippen LogP contribution in [0.15, 0.2) is 79.0 Å². The lowest BCUT2D eigenvalue weighted by atomic mass is 10.1. The average molecular weight is 378 g/mol. The first kappa shape index (κ1) is 16.4. The van der Waals surface area contributed by atoms with Gasteiger partial charge in [-0.3, -0.25) is 4.40 Å². The Kier molecular flexibility index (Phi) is 3.97. The zero-order valence-corrected chi connectivity index (χ0v) is 15.6. The summed E-state index contributed by atoms with van der Waals surface area (Å²) in [5.41, 5.74) is 5.01. The highest BCUT2D eigenvalue weighted by Gasteiger charge is 2.15. The minimum Gasteiger partial charge on any atom is -0.300 e. The first-order chi connectivity index (χ1) is 13.8. The van der Waals surface area contributed by atoms with Gasteiger partial charge in [0.05, 0.1) is 27.2 Å². The first-order valence-electron chi connectivity index (χ1n) is 8.84. The summed E-state index contributed by atoms with van der Waals surface area (Å²) in [6, 6.07) is 26.2. The molecule has 0 amide bonds. The lowest BCUT2D eigenvalue weighted by molar-refractivity contribution is 1.17. The lowest BCUT2D eigenvalue weighted by Gasteiger charge is -2.01. The number of rotatable bonds is 3. The normalized spacial score (nSPS) is 11.8. The molecular formula is C23H14N4S. The maximum Gasteiger partial charge on any atom is 0.137 e. The van der Waals surface area contributed by atoms with Crippen molar-refractivity contribution < 1.29 is 0 Å². The Morgan fingerprint density at radius 1 is 0.929 bits per heavy atom. The maximum absolute atomic E-state index is 9.86. The molecule has 28 heavy (non-hydrogen) atoms. The molecule has 0 saturated heterocycles. The topological polar surface area (TPSA) is 54.0 Å². The largest absolute Gasteiger partial charge is 0.300 e. The monoisotopic (exact) mass is 378 g/mol. The molecular weight excluding hydrogens is 364 g/mol. The Bertz CT molecular complexity index is 1340. The van der Waals surface area contributed by atoms with Crippen LogP contribution in [0.1, 0.15) is 10.7 Å². The van der Waals surface area contributed by atoms with Crippen molar-refractivity contribution in [1.82, 2.24) is 14.4 Å². The molecule has 4 nitrogen and oxygen atoms in total. The second-order valence-corrected chi connectivity index (χ2v) is 7.33. The molecule has 0 saturated carbocycles. The Balaban J connectivity index is 1.74. The number of hydrogen-bond donors (Lipinski definition) is 0. The number of thiazole rings is 1. The summed E-state index contributed by atoms with van der Waals surface area (Å²) in [5, 5.41) is 10.6. The van der Waals surface area contributed by atoms with Crippen LogP contribution in [0.2, 0.25) is 0 Å². The van der Waals surface area contributed by atoms with Gasteiger partial charge in [-0.1, -0.05) is 48.5 Å². The quantitative estimate of drug-likeness (QED) is 0.380. The molecule has 0 aliphatic rings. The van der Waals surface area contributed by atoms with Gasteiger partial charge in [-0.15, -0.1) is 11.3 Å². The molecule has 0 bridgehead atoms. The molecule has 0 N–H and O–H groups in total. The van der Waals surface area contributed by atoms with Gasteiger partial charge in [0, 0.05) is 11.8 Å². The summed E-state index contributed by atoms with van der Waals surface area (Å²) in [4.78, 5) is 9.44. The molecule has 0 aliphatic carbocycles. The van der Waals surface area contributed by atoms with Crippen LogP contribution in [-0.2, 0) is 0 Å². The van der Waals surface area contributed by atoms with E-state index in [1.807, 2.05) is 89.5 Å². The van der Waals surface area contributed by atoms with Crippen molar-refractivity contribution in [2.75, 3.05) is 0 Å². The standard InChI is InChI=1S/C23H14N4S/c24-15-17(23-25-18-10-4-5-11-20(18)28-23)14-19-22(16-8-2-1-3-9-16)26-21-12-6-7-13-27(19)21/h1-14H. The summed E-state index contributed by atoms with van der Waals surface area (Å²) < 4.78 is 3.08. The molecule has 0 aliphatic heterocycles. The molecule has 0 radical (unpaired) electrons. The molecule has 5 aromatic rings. The summed E-state index contributed by atoms with van der Waals surface area (Å²) in [6.45, 7) is 0. The van der Waals surface area contributed by atoms with E-state index in [1.54, 1.807) is 0 Å². The van der Waals surface area contributed by atoms with Crippen LogP contribution in [0.3, 0.4) is 0 Å². The smallest absolute Gasteiger partial charge is 0.137 e. The van der Waals surface area contributed by atoms with Crippen LogP contribution in [0.25, 0.3) is 38.8 Å². The third kappa shape index (κ3) is 2.77. The van der Waals surface area contributed by atoms with Gasteiger partial charge in [0.1, 0.15) is 16.7 Å². The number of nitriles is 1. The van der Waals surface area contributed by atoms with E-state index in [1.165, 1.54) is 11.3 Å². The maximum atomic E-state index is 9.86. The van der Waals surface area contributed by atoms with Gasteiger partial charge < -0.3 is 0 Å². The van der Waals surface area contributed by atoms with E-state index in [4.69, 9.17) is 4.98 Å². The number of benzene rings is 2. The molecule has 0 atom stereocenters. The predicted molar refractivity (Wildman–Crippen MR) is 114 cm³/mol. The highest BCUT2D eigenvalue weighted by molar-refractivity contribution is 7.19. The number of aromatic nitrogens is 3. The molecule has 5 heteroatoms. The Morgan fingerprint density at radius 2 is 1.71 bits per heavy atom. The van der Waals surface area contributed by atoms with Crippen molar-refractivity contribution in [2.45, 2.75) is 0 Å². The Hall–Kier alpha value is -3.75. The molecule has 0 fully saturated rings. The highest BCUT2D eigenvalue weighted by atomic mass is 32.1. The summed E-state index contributed by atoms with van der Waals surface area (Å²) in [7, 11) is 0. The minimum atomic E-state index is 0.532. The molecule has 5 rings (SSSR count). The molecule has 0 spiro atoms. The van der Waals surface area contributed by atoms with Crippen molar-refractivity contribution in [3.8, 4) is 17.3 Å². The van der Waals surface area contributed by atoms with Gasteiger partial charge in [-0.05, 0) is 30.3 Å². The van der Waals surface area contributed by atoms with Crippen LogP contribution in [0, 0.1) is 11.3 Å². The van der Waals surface area contributed by atoms with Gasteiger partial charge in [-0.2, -0.15) is 5.26 Å². The zero-order valence-electron chi connectivity index (χ0n) is 14.8. The van der Waals surface area contributed by atoms with Crippen molar-refractivity contribution in [3.05, 3.63) is 89.7 Å². The minimum absolute atomic E-state index is 0.532. The van der Waals surface area contributed by atoms with E-state index in [9.17, 15) is 5.26 Å². The number of fused-ring (bicyclic) bond motifs is 2. The number of allylic oxidation sites excluding steroid dienone is 1. The fourth-order valence-electron chi connectivity index (χ4n) is 3.23. The number of hydrogen-bond acceptors (Lipinski definition) is 4. The molecule has 2 aromatic carbocycles. The molecule has 0 unspecified atom stereocenters. The SMILES string of the molecule is N#CC(=Cc1c(-c2ccccc2)nc2ccccn12)c1nc2ccccc2s1. The third-order valence-corrected chi connectivity index (χ3v) is 5.61. The van der Waals surface area contributed by atoms with Crippen LogP contribution in [-0.4, -0.2) is 14.4 Å². The highest BCUT2D eigenvalue weighted by Crippen LogP contribution is 2.31. The Labute approximate surface area is 165 Å². The fourth-order valence-corrected chi connectivity index (χ4v) is 4.16. The van der Waals surface area contributed by atoms with E-state index in [2.05, 4.69) is 11.1 Å². The molecule has 3 aromatic heterocycles. The fraction of sp³-hybridized carbons (Fsp3) is 0. The van der Waals surface area contributed by atoms with E-state index < -0.39 is 0 Å². The summed E-state index contributed by atoms with van der Waals surface area (Å²) in [6.07, 6.45) is 3.86. The van der Waals surface area contributed by atoms with E-state index in [0.717, 1.165) is 32.8 Å². The van der Waals surface area contributed by atoms with Crippen molar-refractivity contribution in [3.63, 3.8) is 0 Å². The second-order valence-electron chi connectivity index (χ2n) is 6.30.